The van der Waals surface area contributed by atoms with Gasteiger partial charge in [0.25, 0.3) is 0 Å². The number of carbonyl (C=O) groups is 3. The molecule has 0 radical (unpaired) electrons. The fraction of sp³-hybridized carbons (Fsp3) is 0.769. The number of hydrogen-bond acceptors (Lipinski definition) is 7. The van der Waals surface area contributed by atoms with Crippen LogP contribution in [0.4, 0.5) is 0 Å². The van der Waals surface area contributed by atoms with Crippen LogP contribution in [-0.4, -0.2) is 73.9 Å². The van der Waals surface area contributed by atoms with E-state index in [1.165, 1.54) is 14.2 Å². The largest absolute Gasteiger partial charge is 0.469 e. The Morgan fingerprint density at radius 1 is 1.29 bits per heavy atom. The summed E-state index contributed by atoms with van der Waals surface area (Å²) in [5.74, 6) is -1.04. The summed E-state index contributed by atoms with van der Waals surface area (Å²) in [6.07, 6.45) is 0.356. The van der Waals surface area contributed by atoms with Gasteiger partial charge >= 0.3 is 11.9 Å². The van der Waals surface area contributed by atoms with Gasteiger partial charge in [-0.05, 0) is 6.42 Å². The highest BCUT2D eigenvalue weighted by Crippen LogP contribution is 2.18. The van der Waals surface area contributed by atoms with Crippen LogP contribution < -0.4 is 5.32 Å². The summed E-state index contributed by atoms with van der Waals surface area (Å²) < 4.78 is 9.15. The standard InChI is InChI=1S/C13H22N2O6/c1-20-12(18)4-3-5-14-11(17)8-15-7-9(16)6-10(15)13(19)21-2/h9-10,16H,3-8H2,1-2H3,(H,14,17). The minimum atomic E-state index is -0.638. The highest BCUT2D eigenvalue weighted by atomic mass is 16.5. The van der Waals surface area contributed by atoms with E-state index in [4.69, 9.17) is 0 Å². The van der Waals surface area contributed by atoms with Gasteiger partial charge in [0, 0.05) is 25.9 Å². The SMILES string of the molecule is COC(=O)CCCNC(=O)CN1CC(O)CC1C(=O)OC. The zero-order valence-electron chi connectivity index (χ0n) is 12.3. The van der Waals surface area contributed by atoms with Crippen molar-refractivity contribution in [1.29, 1.82) is 0 Å². The molecule has 1 fully saturated rings. The van der Waals surface area contributed by atoms with Crippen LogP contribution in [0.2, 0.25) is 0 Å². The number of aliphatic hydroxyl groups excluding tert-OH is 1. The minimum Gasteiger partial charge on any atom is -0.469 e. The van der Waals surface area contributed by atoms with E-state index in [-0.39, 0.29) is 37.8 Å². The molecule has 8 heteroatoms. The van der Waals surface area contributed by atoms with E-state index in [1.807, 2.05) is 0 Å². The van der Waals surface area contributed by atoms with Crippen LogP contribution in [0.15, 0.2) is 0 Å². The molecule has 1 amide bonds. The van der Waals surface area contributed by atoms with Crippen molar-refractivity contribution in [3.8, 4) is 0 Å². The summed E-state index contributed by atoms with van der Waals surface area (Å²) in [6, 6.07) is -0.592. The van der Waals surface area contributed by atoms with Crippen molar-refractivity contribution in [2.45, 2.75) is 31.4 Å². The average molecular weight is 302 g/mol. The molecule has 0 aliphatic carbocycles. The van der Waals surface area contributed by atoms with E-state index in [1.54, 1.807) is 4.90 Å². The molecule has 0 spiro atoms. The third kappa shape index (κ3) is 5.68. The van der Waals surface area contributed by atoms with Crippen LogP contribution in [0.1, 0.15) is 19.3 Å². The number of likely N-dealkylation sites (tertiary alicyclic amines) is 1. The zero-order valence-corrected chi connectivity index (χ0v) is 12.3. The number of hydrogen-bond donors (Lipinski definition) is 2. The molecule has 0 aromatic heterocycles. The van der Waals surface area contributed by atoms with Gasteiger partial charge in [0.05, 0.1) is 26.9 Å². The molecule has 21 heavy (non-hydrogen) atoms. The van der Waals surface area contributed by atoms with Gasteiger partial charge in [0.1, 0.15) is 6.04 Å². The molecule has 2 atom stereocenters. The lowest BCUT2D eigenvalue weighted by molar-refractivity contribution is -0.146. The first-order valence-corrected chi connectivity index (χ1v) is 6.81. The molecule has 2 N–H and O–H groups in total. The van der Waals surface area contributed by atoms with Crippen molar-refractivity contribution >= 4 is 17.8 Å². The monoisotopic (exact) mass is 302 g/mol. The van der Waals surface area contributed by atoms with E-state index in [0.717, 1.165) is 0 Å². The van der Waals surface area contributed by atoms with Crippen LogP contribution in [0.25, 0.3) is 0 Å². The third-order valence-electron chi connectivity index (χ3n) is 3.31. The van der Waals surface area contributed by atoms with Gasteiger partial charge in [-0.3, -0.25) is 19.3 Å². The Labute approximate surface area is 123 Å². The number of esters is 2. The first-order chi connectivity index (χ1) is 9.97. The molecule has 1 rings (SSSR count). The third-order valence-corrected chi connectivity index (χ3v) is 3.31. The number of aliphatic hydroxyl groups is 1. The van der Waals surface area contributed by atoms with E-state index in [2.05, 4.69) is 14.8 Å². The van der Waals surface area contributed by atoms with E-state index in [0.29, 0.717) is 13.0 Å². The predicted octanol–water partition coefficient (Wildman–Crippen LogP) is -1.34. The number of β-amino-alcohol motifs (C(OH)–C–C–N with tert-alkyl or cyclic N) is 1. The molecule has 0 saturated carbocycles. The summed E-state index contributed by atoms with van der Waals surface area (Å²) in [5.41, 5.74) is 0. The second kappa shape index (κ2) is 8.58. The fourth-order valence-corrected chi connectivity index (χ4v) is 2.24. The molecule has 1 aliphatic rings. The maximum Gasteiger partial charge on any atom is 0.323 e. The highest BCUT2D eigenvalue weighted by Gasteiger charge is 2.37. The molecule has 120 valence electrons. The molecule has 8 nitrogen and oxygen atoms in total. The van der Waals surface area contributed by atoms with Gasteiger partial charge in [-0.25, -0.2) is 0 Å². The maximum absolute atomic E-state index is 11.8. The van der Waals surface area contributed by atoms with Crippen molar-refractivity contribution in [1.82, 2.24) is 10.2 Å². The van der Waals surface area contributed by atoms with E-state index in [9.17, 15) is 19.5 Å². The summed E-state index contributed by atoms with van der Waals surface area (Å²) in [5, 5.41) is 12.3. The zero-order chi connectivity index (χ0) is 15.8. The molecule has 1 heterocycles. The second-order valence-electron chi connectivity index (χ2n) is 4.89. The number of nitrogens with one attached hydrogen (secondary N) is 1. The fourth-order valence-electron chi connectivity index (χ4n) is 2.24. The lowest BCUT2D eigenvalue weighted by Crippen LogP contribution is -2.43. The molecule has 0 aromatic carbocycles. The van der Waals surface area contributed by atoms with Crippen molar-refractivity contribution in [3.63, 3.8) is 0 Å². The average Bonchev–Trinajstić information content (AvgIpc) is 2.82. The van der Waals surface area contributed by atoms with Crippen LogP contribution in [0, 0.1) is 0 Å². The summed E-state index contributed by atoms with van der Waals surface area (Å²) >= 11 is 0. The molecule has 1 aliphatic heterocycles. The Hall–Kier alpha value is -1.67. The Bertz CT molecular complexity index is 387. The van der Waals surface area contributed by atoms with Crippen molar-refractivity contribution in [2.24, 2.45) is 0 Å². The molecule has 0 bridgehead atoms. The molecule has 0 aromatic rings. The minimum absolute atomic E-state index is 0.00898. The second-order valence-corrected chi connectivity index (χ2v) is 4.89. The van der Waals surface area contributed by atoms with Crippen molar-refractivity contribution in [3.05, 3.63) is 0 Å². The predicted molar refractivity (Wildman–Crippen MR) is 72.3 cm³/mol. The van der Waals surface area contributed by atoms with Crippen molar-refractivity contribution < 1.29 is 29.0 Å². The quantitative estimate of drug-likeness (QED) is 0.443. The number of amides is 1. The molecule has 2 unspecified atom stereocenters. The summed E-state index contributed by atoms with van der Waals surface area (Å²) in [6.45, 7) is 0.623. The number of methoxy groups -OCH3 is 2. The smallest absolute Gasteiger partial charge is 0.323 e. The number of rotatable bonds is 7. The van der Waals surface area contributed by atoms with Crippen LogP contribution >= 0.6 is 0 Å². The Kier molecular flexibility index (Phi) is 7.10. The van der Waals surface area contributed by atoms with E-state index >= 15 is 0 Å². The number of ether oxygens (including phenoxy) is 2. The Morgan fingerprint density at radius 3 is 2.62 bits per heavy atom. The lowest BCUT2D eigenvalue weighted by atomic mass is 10.2. The van der Waals surface area contributed by atoms with Gasteiger partial charge in [-0.1, -0.05) is 0 Å². The first-order valence-electron chi connectivity index (χ1n) is 6.81. The lowest BCUT2D eigenvalue weighted by Gasteiger charge is -2.21. The van der Waals surface area contributed by atoms with Crippen LogP contribution in [-0.2, 0) is 23.9 Å². The van der Waals surface area contributed by atoms with E-state index < -0.39 is 18.1 Å². The topological polar surface area (TPSA) is 105 Å². The van der Waals surface area contributed by atoms with Crippen LogP contribution in [0.5, 0.6) is 0 Å². The summed E-state index contributed by atoms with van der Waals surface area (Å²) in [7, 11) is 2.59. The van der Waals surface area contributed by atoms with Gasteiger partial charge in [0.2, 0.25) is 5.91 Å². The number of carbonyl (C=O) groups excluding carboxylic acids is 3. The van der Waals surface area contributed by atoms with Gasteiger partial charge in [-0.15, -0.1) is 0 Å². The summed E-state index contributed by atoms with van der Waals surface area (Å²) in [4.78, 5) is 35.8. The molecular weight excluding hydrogens is 280 g/mol. The van der Waals surface area contributed by atoms with Gasteiger partial charge < -0.3 is 19.9 Å². The first kappa shape index (κ1) is 17.4. The molecular formula is C13H22N2O6. The van der Waals surface area contributed by atoms with Gasteiger partial charge in [-0.2, -0.15) is 0 Å². The van der Waals surface area contributed by atoms with Crippen molar-refractivity contribution in [2.75, 3.05) is 33.9 Å². The Balaban J connectivity index is 2.32. The maximum atomic E-state index is 11.8. The number of nitrogens with zero attached hydrogens (tertiary/aromatic N) is 1. The van der Waals surface area contributed by atoms with Gasteiger partial charge in [0.15, 0.2) is 0 Å². The molecule has 1 saturated heterocycles. The normalized spacial score (nSPS) is 21.9. The highest BCUT2D eigenvalue weighted by molar-refractivity contribution is 5.81. The van der Waals surface area contributed by atoms with Crippen LogP contribution in [0.3, 0.4) is 0 Å². The Morgan fingerprint density at radius 2 is 2.00 bits per heavy atom.